The lowest BCUT2D eigenvalue weighted by Gasteiger charge is -2.49. The van der Waals surface area contributed by atoms with Crippen molar-refractivity contribution in [3.8, 4) is 17.2 Å². The number of hydrogen-bond donors (Lipinski definition) is 3. The summed E-state index contributed by atoms with van der Waals surface area (Å²) < 4.78 is 32.6. The third-order valence-corrected chi connectivity index (χ3v) is 11.8. The Hall–Kier alpha value is -2.83. The van der Waals surface area contributed by atoms with Gasteiger partial charge in [-0.15, -0.1) is 0 Å². The Morgan fingerprint density at radius 1 is 1.04 bits per heavy atom. The molecular formula is C37H47IO9. The Bertz CT molecular complexity index is 1620. The van der Waals surface area contributed by atoms with Gasteiger partial charge in [0.1, 0.15) is 34.5 Å². The first-order chi connectivity index (χ1) is 22.0. The average Bonchev–Trinajstić information content (AvgIpc) is 3.20. The maximum atomic E-state index is 14.8. The van der Waals surface area contributed by atoms with Crippen molar-refractivity contribution in [3.63, 3.8) is 0 Å². The number of aliphatic hydroxyl groups is 1. The highest BCUT2D eigenvalue weighted by Gasteiger charge is 2.68. The van der Waals surface area contributed by atoms with E-state index in [0.717, 1.165) is 5.57 Å². The second-order valence-corrected chi connectivity index (χ2v) is 16.7. The van der Waals surface area contributed by atoms with Crippen LogP contribution in [0.5, 0.6) is 17.2 Å². The lowest BCUT2D eigenvalue weighted by molar-refractivity contribution is -0.132. The molecule has 0 bridgehead atoms. The molecule has 1 spiro atoms. The number of rotatable bonds is 9. The van der Waals surface area contributed by atoms with Gasteiger partial charge in [0, 0.05) is 34.6 Å². The normalized spacial score (nSPS) is 30.4. The molecule has 1 aromatic carbocycles. The summed E-state index contributed by atoms with van der Waals surface area (Å²) in [6, 6.07) is 0. The van der Waals surface area contributed by atoms with Crippen LogP contribution >= 0.6 is 21.2 Å². The topological polar surface area (TPSA) is 140 Å². The third kappa shape index (κ3) is 6.14. The maximum Gasteiger partial charge on any atom is 0.330 e. The molecular weight excluding hydrogens is 715 g/mol. The number of ether oxygens (including phenoxy) is 3. The van der Waals surface area contributed by atoms with E-state index < -0.39 is 62.0 Å². The lowest BCUT2D eigenvalue weighted by Crippen LogP contribution is -2.59. The molecule has 0 amide bonds. The summed E-state index contributed by atoms with van der Waals surface area (Å²) in [5, 5.41) is 32.8. The monoisotopic (exact) mass is 762 g/mol. The number of fused-ring (bicyclic) bond motifs is 2. The van der Waals surface area contributed by atoms with Crippen LogP contribution in [0.1, 0.15) is 103 Å². The van der Waals surface area contributed by atoms with Gasteiger partial charge in [0.15, 0.2) is 32.6 Å². The number of ketones is 1. The minimum Gasteiger partial charge on any atom is -0.507 e. The van der Waals surface area contributed by atoms with Crippen LogP contribution in [0.15, 0.2) is 46.6 Å². The molecule has 0 aromatic heterocycles. The molecule has 0 saturated carbocycles. The number of phenols is 1. The maximum absolute atomic E-state index is 14.8. The van der Waals surface area contributed by atoms with Crippen LogP contribution in [-0.4, -0.2) is 60.0 Å². The first-order valence-electron chi connectivity index (χ1n) is 16.3. The first kappa shape index (κ1) is 35.5. The predicted molar refractivity (Wildman–Crippen MR) is 186 cm³/mol. The molecule has 3 aliphatic heterocycles. The smallest absolute Gasteiger partial charge is 0.330 e. The van der Waals surface area contributed by atoms with Crippen molar-refractivity contribution in [2.24, 2.45) is 5.92 Å². The second kappa shape index (κ2) is 12.9. The quantitative estimate of drug-likeness (QED) is 0.103. The third-order valence-electron chi connectivity index (χ3n) is 10.3. The standard InChI is InChI=1S/C37H47IO9/c1-19(2)10-9-15-36(8)27(39)18-24-30(40)29-31(41)25-16-22(38-44)17-26-35(6,7)45-28(14-12-21(5)34(42)43)37(25,26)47-33(29)23(32(24)46-36)13-11-20(3)4/h10-12,16,22,26-28,39-40H,9,13-15,17-18H2,1-8H3,(H,42,43)/b21-12-/t22?,26?,27-,28-,36-,37-/m1/s1. The fourth-order valence-corrected chi connectivity index (χ4v) is 8.83. The number of Topliss-reactive ketones (excluding diaryl/α,β-unsaturated/α-hetero) is 1. The number of allylic oxidation sites excluding steroid dienone is 5. The van der Waals surface area contributed by atoms with Gasteiger partial charge in [-0.3, -0.25) is 7.86 Å². The number of carbonyl (C=O) groups is 2. The number of halogens is 1. The van der Waals surface area contributed by atoms with Crippen LogP contribution in [0.4, 0.5) is 0 Å². The fraction of sp³-hybridized carbons (Fsp3) is 0.568. The summed E-state index contributed by atoms with van der Waals surface area (Å²) in [5.74, 6) is -1.53. The number of carbonyl (C=O) groups excluding carboxylic acids is 1. The van der Waals surface area contributed by atoms with E-state index in [1.54, 1.807) is 12.2 Å². The van der Waals surface area contributed by atoms with Gasteiger partial charge in [0.25, 0.3) is 0 Å². The number of phenolic OH excluding ortho intramolecular Hbond substituents is 1. The average molecular weight is 763 g/mol. The summed E-state index contributed by atoms with van der Waals surface area (Å²) >= 11 is -1.52. The zero-order valence-electron chi connectivity index (χ0n) is 28.5. The SMILES string of the molecule is CC(C)=CCC[C@@]1(C)Oc2c(c(O)c3c(c2CC=C(C)C)O[C@]24C(=CC(I=O)CC2C(C)(C)O[C@@H]4C/C=C(/C)C(=O)O)C3=O)C[C@H]1O. The summed E-state index contributed by atoms with van der Waals surface area (Å²) in [4.78, 5) is 26.5. The highest BCUT2D eigenvalue weighted by atomic mass is 127. The molecule has 256 valence electrons. The van der Waals surface area contributed by atoms with E-state index in [0.29, 0.717) is 42.6 Å². The van der Waals surface area contributed by atoms with E-state index >= 15 is 0 Å². The highest BCUT2D eigenvalue weighted by molar-refractivity contribution is 14.1. The zero-order valence-corrected chi connectivity index (χ0v) is 30.7. The van der Waals surface area contributed by atoms with Gasteiger partial charge in [-0.2, -0.15) is 0 Å². The van der Waals surface area contributed by atoms with Crippen molar-refractivity contribution in [1.82, 2.24) is 0 Å². The number of carboxylic acids is 1. The van der Waals surface area contributed by atoms with Gasteiger partial charge in [-0.05, 0) is 87.5 Å². The molecule has 47 heavy (non-hydrogen) atoms. The molecule has 2 unspecified atom stereocenters. The Balaban J connectivity index is 1.76. The minimum atomic E-state index is -1.52. The molecule has 1 fully saturated rings. The summed E-state index contributed by atoms with van der Waals surface area (Å²) in [6.45, 7) is 15.2. The Morgan fingerprint density at radius 2 is 1.72 bits per heavy atom. The number of benzene rings is 1. The number of aromatic hydroxyl groups is 1. The van der Waals surface area contributed by atoms with E-state index in [1.807, 2.05) is 54.5 Å². The zero-order chi connectivity index (χ0) is 34.6. The number of hydrogen-bond acceptors (Lipinski definition) is 8. The molecule has 4 aliphatic rings. The summed E-state index contributed by atoms with van der Waals surface area (Å²) in [7, 11) is 0. The van der Waals surface area contributed by atoms with E-state index in [4.69, 9.17) is 14.2 Å². The molecule has 1 aliphatic carbocycles. The highest BCUT2D eigenvalue weighted by Crippen LogP contribution is 2.61. The van der Waals surface area contributed by atoms with Crippen molar-refractivity contribution < 1.29 is 42.2 Å². The van der Waals surface area contributed by atoms with Gasteiger partial charge >= 0.3 is 5.97 Å². The van der Waals surface area contributed by atoms with Gasteiger partial charge in [0.2, 0.25) is 0 Å². The van der Waals surface area contributed by atoms with Gasteiger partial charge < -0.3 is 29.5 Å². The lowest BCUT2D eigenvalue weighted by atomic mass is 9.64. The first-order valence-corrected chi connectivity index (χ1v) is 18.4. The minimum absolute atomic E-state index is 0.00550. The Kier molecular flexibility index (Phi) is 9.73. The van der Waals surface area contributed by atoms with Crippen LogP contribution in [-0.2, 0) is 25.4 Å². The molecule has 1 aromatic rings. The molecule has 9 nitrogen and oxygen atoms in total. The molecule has 5 rings (SSSR count). The van der Waals surface area contributed by atoms with Gasteiger partial charge in [-0.25, -0.2) is 4.79 Å². The van der Waals surface area contributed by atoms with Crippen LogP contribution < -0.4 is 9.47 Å². The molecule has 6 atom stereocenters. The van der Waals surface area contributed by atoms with Crippen molar-refractivity contribution in [2.45, 2.75) is 127 Å². The molecule has 3 heterocycles. The number of aliphatic carboxylic acids is 1. The van der Waals surface area contributed by atoms with Crippen molar-refractivity contribution in [1.29, 1.82) is 0 Å². The van der Waals surface area contributed by atoms with Crippen LogP contribution in [0.3, 0.4) is 0 Å². The Morgan fingerprint density at radius 3 is 2.34 bits per heavy atom. The van der Waals surface area contributed by atoms with Crippen molar-refractivity contribution in [3.05, 3.63) is 63.3 Å². The van der Waals surface area contributed by atoms with Gasteiger partial charge in [0.05, 0.1) is 15.6 Å². The molecule has 10 heteroatoms. The van der Waals surface area contributed by atoms with E-state index in [1.165, 1.54) is 12.5 Å². The molecule has 0 radical (unpaired) electrons. The fourth-order valence-electron chi connectivity index (χ4n) is 7.61. The van der Waals surface area contributed by atoms with E-state index in [2.05, 4.69) is 6.08 Å². The number of carboxylic acid groups (broad SMARTS) is 1. The van der Waals surface area contributed by atoms with Crippen LogP contribution in [0.25, 0.3) is 0 Å². The van der Waals surface area contributed by atoms with Crippen molar-refractivity contribution >= 4 is 32.9 Å². The van der Waals surface area contributed by atoms with Gasteiger partial charge in [-0.1, -0.05) is 35.5 Å². The predicted octanol–water partition coefficient (Wildman–Crippen LogP) is 7.25. The number of aliphatic hydroxyl groups excluding tert-OH is 1. The van der Waals surface area contributed by atoms with Crippen LogP contribution in [0, 0.1) is 5.92 Å². The largest absolute Gasteiger partial charge is 0.507 e. The van der Waals surface area contributed by atoms with Crippen molar-refractivity contribution in [2.75, 3.05) is 0 Å². The van der Waals surface area contributed by atoms with E-state index in [9.17, 15) is 28.0 Å². The second-order valence-electron chi connectivity index (χ2n) is 14.6. The summed E-state index contributed by atoms with van der Waals surface area (Å²) in [6.07, 6.45) is 8.07. The summed E-state index contributed by atoms with van der Waals surface area (Å²) in [5.41, 5.74) is 0.530. The molecule has 1 saturated heterocycles. The Labute approximate surface area is 287 Å². The van der Waals surface area contributed by atoms with Crippen LogP contribution in [0.2, 0.25) is 0 Å². The molecule has 3 N–H and O–H groups in total. The number of alkyl halides is 1. The van der Waals surface area contributed by atoms with E-state index in [-0.39, 0.29) is 50.9 Å².